The molecule has 0 fully saturated rings. The molecule has 3 aromatic rings. The Balaban J connectivity index is 1.39. The van der Waals surface area contributed by atoms with Crippen LogP contribution in [0.1, 0.15) is 33.0 Å². The van der Waals surface area contributed by atoms with Crippen LogP contribution in [-0.2, 0) is 11.3 Å². The lowest BCUT2D eigenvalue weighted by Gasteiger charge is -2.14. The number of carboxylic acid groups (broad SMARTS) is 1. The van der Waals surface area contributed by atoms with Crippen molar-refractivity contribution in [2.75, 3.05) is 6.61 Å². The van der Waals surface area contributed by atoms with Gasteiger partial charge in [-0.1, -0.05) is 54.6 Å². The van der Waals surface area contributed by atoms with Gasteiger partial charge in [-0.15, -0.1) is 0 Å². The van der Waals surface area contributed by atoms with Crippen LogP contribution in [0.2, 0.25) is 0 Å². The largest absolute Gasteiger partial charge is 0.507 e. The van der Waals surface area contributed by atoms with Crippen molar-refractivity contribution < 1.29 is 24.5 Å². The van der Waals surface area contributed by atoms with Crippen molar-refractivity contribution in [1.82, 2.24) is 5.32 Å². The van der Waals surface area contributed by atoms with Crippen LogP contribution in [0.4, 0.5) is 4.79 Å². The molecule has 6 heteroatoms. The third kappa shape index (κ3) is 3.65. The molecule has 0 aromatic heterocycles. The zero-order valence-corrected chi connectivity index (χ0v) is 15.5. The van der Waals surface area contributed by atoms with E-state index in [-0.39, 0.29) is 30.4 Å². The third-order valence-electron chi connectivity index (χ3n) is 5.07. The molecule has 3 N–H and O–H groups in total. The van der Waals surface area contributed by atoms with Gasteiger partial charge in [0.25, 0.3) is 0 Å². The number of fused-ring (bicyclic) bond motifs is 3. The van der Waals surface area contributed by atoms with Gasteiger partial charge < -0.3 is 20.3 Å². The van der Waals surface area contributed by atoms with Crippen molar-refractivity contribution in [3.05, 3.63) is 89.0 Å². The van der Waals surface area contributed by atoms with Crippen molar-refractivity contribution in [1.29, 1.82) is 0 Å². The number of nitrogens with one attached hydrogen (secondary N) is 1. The van der Waals surface area contributed by atoms with E-state index < -0.39 is 12.1 Å². The van der Waals surface area contributed by atoms with E-state index in [1.807, 2.05) is 36.4 Å². The van der Waals surface area contributed by atoms with E-state index in [9.17, 15) is 14.7 Å². The summed E-state index contributed by atoms with van der Waals surface area (Å²) >= 11 is 0. The molecule has 1 amide bonds. The summed E-state index contributed by atoms with van der Waals surface area (Å²) in [4.78, 5) is 23.1. The van der Waals surface area contributed by atoms with Crippen LogP contribution in [0.5, 0.6) is 5.75 Å². The Morgan fingerprint density at radius 3 is 2.14 bits per heavy atom. The SMILES string of the molecule is O=C(NCc1ccc(C(=O)O)c(O)c1)OCC1c2ccccc2-c2ccccc21. The van der Waals surface area contributed by atoms with Gasteiger partial charge in [-0.2, -0.15) is 0 Å². The molecule has 0 saturated carbocycles. The average Bonchev–Trinajstić information content (AvgIpc) is 3.04. The standard InChI is InChI=1S/C23H19NO5/c25-21-11-14(9-10-19(21)22(26)27)12-24-23(28)29-13-20-17-7-3-1-5-15(17)16-6-2-4-8-18(16)20/h1-11,20,25H,12-13H2,(H,24,28)(H,26,27). The molecule has 0 atom stereocenters. The molecule has 1 aliphatic carbocycles. The lowest BCUT2D eigenvalue weighted by Crippen LogP contribution is -2.25. The Bertz CT molecular complexity index is 1050. The number of phenols is 1. The molecule has 0 spiro atoms. The van der Waals surface area contributed by atoms with E-state index in [2.05, 4.69) is 17.4 Å². The van der Waals surface area contributed by atoms with Gasteiger partial charge in [-0.05, 0) is 39.9 Å². The lowest BCUT2D eigenvalue weighted by molar-refractivity contribution is 0.0693. The molecular weight excluding hydrogens is 370 g/mol. The predicted molar refractivity (Wildman–Crippen MR) is 107 cm³/mol. The minimum absolute atomic E-state index is 0.0213. The minimum atomic E-state index is -1.21. The van der Waals surface area contributed by atoms with Crippen LogP contribution in [0.25, 0.3) is 11.1 Å². The number of rotatable bonds is 5. The first-order chi connectivity index (χ1) is 14.0. The van der Waals surface area contributed by atoms with Crippen molar-refractivity contribution in [2.24, 2.45) is 0 Å². The zero-order chi connectivity index (χ0) is 20.4. The van der Waals surface area contributed by atoms with Crippen molar-refractivity contribution in [3.63, 3.8) is 0 Å². The number of aromatic hydroxyl groups is 1. The molecule has 1 aliphatic rings. The Morgan fingerprint density at radius 2 is 1.55 bits per heavy atom. The number of carbonyl (C=O) groups excluding carboxylic acids is 1. The Hall–Kier alpha value is -3.80. The normalized spacial score (nSPS) is 12.1. The van der Waals surface area contributed by atoms with Crippen molar-refractivity contribution in [2.45, 2.75) is 12.5 Å². The molecule has 0 heterocycles. The fourth-order valence-electron chi connectivity index (χ4n) is 3.69. The average molecular weight is 389 g/mol. The van der Waals surface area contributed by atoms with Crippen LogP contribution in [0.3, 0.4) is 0 Å². The Kier molecular flexibility index (Phi) is 4.91. The topological polar surface area (TPSA) is 95.9 Å². The first-order valence-corrected chi connectivity index (χ1v) is 9.18. The number of carbonyl (C=O) groups is 2. The van der Waals surface area contributed by atoms with Gasteiger partial charge in [0.1, 0.15) is 17.9 Å². The quantitative estimate of drug-likeness (QED) is 0.610. The highest BCUT2D eigenvalue weighted by molar-refractivity contribution is 5.90. The second kappa shape index (κ2) is 7.67. The molecule has 29 heavy (non-hydrogen) atoms. The van der Waals surface area contributed by atoms with E-state index >= 15 is 0 Å². The Labute approximate surface area is 167 Å². The first-order valence-electron chi connectivity index (χ1n) is 9.18. The third-order valence-corrected chi connectivity index (χ3v) is 5.07. The van der Waals surface area contributed by atoms with Gasteiger partial charge >= 0.3 is 12.1 Å². The van der Waals surface area contributed by atoms with Crippen LogP contribution in [0.15, 0.2) is 66.7 Å². The molecule has 0 unspecified atom stereocenters. The highest BCUT2D eigenvalue weighted by Gasteiger charge is 2.28. The van der Waals surface area contributed by atoms with Crippen LogP contribution in [0, 0.1) is 0 Å². The molecule has 146 valence electrons. The number of ether oxygens (including phenoxy) is 1. The maximum atomic E-state index is 12.2. The van der Waals surface area contributed by atoms with E-state index in [1.54, 1.807) is 0 Å². The van der Waals surface area contributed by atoms with E-state index in [1.165, 1.54) is 18.2 Å². The summed E-state index contributed by atoms with van der Waals surface area (Å²) in [5.41, 5.74) is 4.97. The van der Waals surface area contributed by atoms with Gasteiger partial charge in [-0.3, -0.25) is 0 Å². The van der Waals surface area contributed by atoms with Gasteiger partial charge in [0.05, 0.1) is 0 Å². The number of hydrogen-bond acceptors (Lipinski definition) is 4. The van der Waals surface area contributed by atoms with Crippen molar-refractivity contribution in [3.8, 4) is 16.9 Å². The minimum Gasteiger partial charge on any atom is -0.507 e. The first kappa shape index (κ1) is 18.6. The molecular formula is C23H19NO5. The monoisotopic (exact) mass is 389 g/mol. The molecule has 0 saturated heterocycles. The number of amides is 1. The van der Waals surface area contributed by atoms with Gasteiger partial charge in [0.15, 0.2) is 0 Å². The number of alkyl carbamates (subject to hydrolysis) is 1. The molecule has 0 aliphatic heterocycles. The predicted octanol–water partition coefficient (Wildman–Crippen LogP) is 4.13. The van der Waals surface area contributed by atoms with Gasteiger partial charge in [-0.25, -0.2) is 9.59 Å². The molecule has 6 nitrogen and oxygen atoms in total. The van der Waals surface area contributed by atoms with Crippen LogP contribution < -0.4 is 5.32 Å². The zero-order valence-electron chi connectivity index (χ0n) is 15.5. The van der Waals surface area contributed by atoms with Crippen LogP contribution in [-0.4, -0.2) is 28.9 Å². The van der Waals surface area contributed by atoms with E-state index in [4.69, 9.17) is 9.84 Å². The maximum Gasteiger partial charge on any atom is 0.407 e. The van der Waals surface area contributed by atoms with E-state index in [0.717, 1.165) is 22.3 Å². The van der Waals surface area contributed by atoms with Crippen LogP contribution >= 0.6 is 0 Å². The van der Waals surface area contributed by atoms with Gasteiger partial charge in [0, 0.05) is 12.5 Å². The number of carboxylic acids is 1. The maximum absolute atomic E-state index is 12.2. The number of benzene rings is 3. The second-order valence-corrected chi connectivity index (χ2v) is 6.84. The highest BCUT2D eigenvalue weighted by atomic mass is 16.5. The molecule has 0 bridgehead atoms. The summed E-state index contributed by atoms with van der Waals surface area (Å²) in [7, 11) is 0. The fraction of sp³-hybridized carbons (Fsp3) is 0.130. The number of hydrogen-bond donors (Lipinski definition) is 3. The summed E-state index contributed by atoms with van der Waals surface area (Å²) in [5.74, 6) is -1.57. The summed E-state index contributed by atoms with van der Waals surface area (Å²) in [5, 5.41) is 21.3. The van der Waals surface area contributed by atoms with E-state index in [0.29, 0.717) is 5.56 Å². The summed E-state index contributed by atoms with van der Waals surface area (Å²) in [6, 6.07) is 20.3. The van der Waals surface area contributed by atoms with Crippen molar-refractivity contribution >= 4 is 12.1 Å². The molecule has 0 radical (unpaired) electrons. The highest BCUT2D eigenvalue weighted by Crippen LogP contribution is 2.44. The smallest absolute Gasteiger partial charge is 0.407 e. The molecule has 4 rings (SSSR count). The van der Waals surface area contributed by atoms with Gasteiger partial charge in [0.2, 0.25) is 0 Å². The lowest BCUT2D eigenvalue weighted by atomic mass is 9.98. The Morgan fingerprint density at radius 1 is 0.931 bits per heavy atom. The summed E-state index contributed by atoms with van der Waals surface area (Å²) < 4.78 is 5.45. The second-order valence-electron chi connectivity index (χ2n) is 6.84. The summed E-state index contributed by atoms with van der Waals surface area (Å²) in [6.45, 7) is 0.327. The molecule has 3 aromatic carbocycles. The number of aromatic carboxylic acids is 1. The summed E-state index contributed by atoms with van der Waals surface area (Å²) in [6.07, 6.45) is -0.575. The fourth-order valence-corrected chi connectivity index (χ4v) is 3.69.